The van der Waals surface area contributed by atoms with Crippen molar-refractivity contribution >= 4 is 29.2 Å². The number of ether oxygens (including phenoxy) is 2. The van der Waals surface area contributed by atoms with Crippen molar-refractivity contribution in [1.82, 2.24) is 34.9 Å². The van der Waals surface area contributed by atoms with Gasteiger partial charge in [0, 0.05) is 50.9 Å². The van der Waals surface area contributed by atoms with Crippen molar-refractivity contribution in [2.45, 2.75) is 76.7 Å². The van der Waals surface area contributed by atoms with E-state index in [0.717, 1.165) is 77.3 Å². The standard InChI is InChI=1S/C41H48N8O5/c1-26(27(2)53-3)39(50)49-21-6-9-37(49)38-43-24-34(45-38)31-16-14-29(15-17-31)28-10-12-30(13-11-28)32-22-33(42-23-32)36-8-5-20-48(36)40(51)35(46-41(52)54-4)25-47-19-7-18-44-47/h7,10-19,23-24,26-27,35-37H,5-6,8-9,20-22,25H2,1-4H3,(H,43,45)(H,46,52)/t26-,27+,35-,36-,37-/m0/s1. The predicted molar refractivity (Wildman–Crippen MR) is 205 cm³/mol. The van der Waals surface area contributed by atoms with Crippen LogP contribution < -0.4 is 5.32 Å². The minimum Gasteiger partial charge on any atom is -0.453 e. The molecule has 4 aromatic rings. The summed E-state index contributed by atoms with van der Waals surface area (Å²) in [6.07, 6.45) is 10.5. The van der Waals surface area contributed by atoms with Gasteiger partial charge in [-0.3, -0.25) is 19.3 Å². The van der Waals surface area contributed by atoms with Gasteiger partial charge in [-0.1, -0.05) is 55.5 Å². The van der Waals surface area contributed by atoms with Crippen molar-refractivity contribution in [2.75, 3.05) is 27.3 Å². The second kappa shape index (κ2) is 16.2. The summed E-state index contributed by atoms with van der Waals surface area (Å²) in [6.45, 7) is 5.39. The highest BCUT2D eigenvalue weighted by atomic mass is 16.5. The molecular formula is C41H48N8O5. The molecule has 0 saturated carbocycles. The number of aromatic nitrogens is 4. The summed E-state index contributed by atoms with van der Waals surface area (Å²) in [6, 6.07) is 17.7. The number of allylic oxidation sites excluding steroid dienone is 1. The quantitative estimate of drug-likeness (QED) is 0.185. The van der Waals surface area contributed by atoms with Gasteiger partial charge in [0.2, 0.25) is 11.8 Å². The zero-order chi connectivity index (χ0) is 37.8. The number of nitrogens with zero attached hydrogens (tertiary/aromatic N) is 6. The second-order valence-corrected chi connectivity index (χ2v) is 14.3. The number of imidazole rings is 1. The number of rotatable bonds is 12. The Hall–Kier alpha value is -5.56. The van der Waals surface area contributed by atoms with E-state index in [9.17, 15) is 14.4 Å². The van der Waals surface area contributed by atoms with Gasteiger partial charge >= 0.3 is 6.09 Å². The summed E-state index contributed by atoms with van der Waals surface area (Å²) >= 11 is 0. The van der Waals surface area contributed by atoms with Crippen LogP contribution in [0.4, 0.5) is 4.79 Å². The lowest BCUT2D eigenvalue weighted by atomic mass is 9.96. The summed E-state index contributed by atoms with van der Waals surface area (Å²) in [5, 5.41) is 6.91. The third-order valence-corrected chi connectivity index (χ3v) is 11.1. The van der Waals surface area contributed by atoms with E-state index in [1.807, 2.05) is 36.0 Å². The number of aromatic amines is 1. The van der Waals surface area contributed by atoms with E-state index in [2.05, 4.69) is 63.9 Å². The van der Waals surface area contributed by atoms with E-state index >= 15 is 0 Å². The zero-order valence-corrected chi connectivity index (χ0v) is 31.3. The van der Waals surface area contributed by atoms with Crippen LogP contribution >= 0.6 is 0 Å². The Kier molecular flexibility index (Phi) is 11.0. The van der Waals surface area contributed by atoms with Crippen molar-refractivity contribution in [3.63, 3.8) is 0 Å². The third kappa shape index (κ3) is 7.72. The summed E-state index contributed by atoms with van der Waals surface area (Å²) < 4.78 is 11.9. The Morgan fingerprint density at radius 3 is 2.19 bits per heavy atom. The van der Waals surface area contributed by atoms with Crippen molar-refractivity contribution in [1.29, 1.82) is 0 Å². The van der Waals surface area contributed by atoms with Crippen LogP contribution in [-0.4, -0.2) is 98.7 Å². The van der Waals surface area contributed by atoms with Crippen LogP contribution in [0, 0.1) is 5.92 Å². The van der Waals surface area contributed by atoms with E-state index in [1.165, 1.54) is 7.11 Å². The molecule has 0 spiro atoms. The second-order valence-electron chi connectivity index (χ2n) is 14.3. The number of aliphatic imine (C=N–C) groups is 1. The maximum absolute atomic E-state index is 13.8. The maximum Gasteiger partial charge on any atom is 0.407 e. The highest BCUT2D eigenvalue weighted by Crippen LogP contribution is 2.35. The number of methoxy groups -OCH3 is 2. The van der Waals surface area contributed by atoms with E-state index in [0.29, 0.717) is 13.0 Å². The van der Waals surface area contributed by atoms with Gasteiger partial charge in [-0.2, -0.15) is 5.10 Å². The third-order valence-electron chi connectivity index (χ3n) is 11.1. The summed E-state index contributed by atoms with van der Waals surface area (Å²) in [5.74, 6) is 0.530. The number of benzene rings is 2. The van der Waals surface area contributed by atoms with Gasteiger partial charge in [-0.05, 0) is 66.5 Å². The molecule has 2 fully saturated rings. The fourth-order valence-corrected chi connectivity index (χ4v) is 7.74. The van der Waals surface area contributed by atoms with E-state index < -0.39 is 12.1 Å². The first-order valence-electron chi connectivity index (χ1n) is 18.7. The lowest BCUT2D eigenvalue weighted by Gasteiger charge is -2.29. The highest BCUT2D eigenvalue weighted by Gasteiger charge is 2.38. The fraction of sp³-hybridized carbons (Fsp3) is 0.415. The number of likely N-dealkylation sites (tertiary alicyclic amines) is 2. The number of nitrogens with one attached hydrogen (secondary N) is 2. The molecule has 2 saturated heterocycles. The smallest absolute Gasteiger partial charge is 0.407 e. The van der Waals surface area contributed by atoms with Gasteiger partial charge in [-0.15, -0.1) is 0 Å². The first-order chi connectivity index (χ1) is 26.2. The van der Waals surface area contributed by atoms with Crippen LogP contribution in [-0.2, 0) is 25.6 Å². The monoisotopic (exact) mass is 732 g/mol. The van der Waals surface area contributed by atoms with E-state index in [-0.39, 0.29) is 42.5 Å². The van der Waals surface area contributed by atoms with Gasteiger partial charge in [0.25, 0.3) is 0 Å². The van der Waals surface area contributed by atoms with E-state index in [4.69, 9.17) is 19.5 Å². The van der Waals surface area contributed by atoms with Crippen LogP contribution in [0.2, 0.25) is 0 Å². The molecule has 7 rings (SSSR count). The molecule has 2 aromatic heterocycles. The average molecular weight is 733 g/mol. The SMILES string of the molecule is COC(=O)N[C@@H](Cn1cccn1)C(=O)N1CCC[C@H]1C1=NC=C(c2ccc(-c3ccc(-c4cnc([C@@H]5CCCN5C(=O)[C@@H](C)[C@@H](C)OC)[nH]4)cc3)cc2)C1. The topological polar surface area (TPSA) is 147 Å². The van der Waals surface area contributed by atoms with Crippen molar-refractivity contribution < 1.29 is 23.9 Å². The van der Waals surface area contributed by atoms with Gasteiger partial charge in [-0.25, -0.2) is 9.78 Å². The molecule has 0 bridgehead atoms. The molecule has 2 aromatic carbocycles. The van der Waals surface area contributed by atoms with Gasteiger partial charge in [0.05, 0.1) is 49.7 Å². The molecule has 5 heterocycles. The van der Waals surface area contributed by atoms with Crippen LogP contribution in [0.25, 0.3) is 28.0 Å². The van der Waals surface area contributed by atoms with Crippen LogP contribution in [0.15, 0.2) is 84.4 Å². The Bertz CT molecular complexity index is 2000. The summed E-state index contributed by atoms with van der Waals surface area (Å²) in [5.41, 5.74) is 7.29. The molecule has 0 aliphatic carbocycles. The first-order valence-corrected chi connectivity index (χ1v) is 18.7. The number of alkyl carbamates (subject to hydrolysis) is 1. The minimum atomic E-state index is -0.815. The van der Waals surface area contributed by atoms with Gasteiger partial charge < -0.3 is 29.6 Å². The van der Waals surface area contributed by atoms with Crippen LogP contribution in [0.5, 0.6) is 0 Å². The molecule has 3 amide bonds. The summed E-state index contributed by atoms with van der Waals surface area (Å²) in [4.78, 5) is 55.9. The largest absolute Gasteiger partial charge is 0.453 e. The van der Waals surface area contributed by atoms with Crippen LogP contribution in [0.3, 0.4) is 0 Å². The number of amides is 3. The molecule has 54 heavy (non-hydrogen) atoms. The molecule has 13 heteroatoms. The van der Waals surface area contributed by atoms with Crippen LogP contribution in [0.1, 0.15) is 63.4 Å². The molecule has 282 valence electrons. The maximum atomic E-state index is 13.8. The molecule has 0 radical (unpaired) electrons. The normalized spacial score (nSPS) is 20.0. The average Bonchev–Trinajstić information content (AvgIpc) is 4.06. The van der Waals surface area contributed by atoms with Gasteiger partial charge in [0.1, 0.15) is 11.9 Å². The number of carbonyl (C=O) groups is 3. The molecule has 2 N–H and O–H groups in total. The minimum absolute atomic E-state index is 0.0626. The van der Waals surface area contributed by atoms with Crippen molar-refractivity contribution in [3.05, 3.63) is 90.8 Å². The van der Waals surface area contributed by atoms with E-state index in [1.54, 1.807) is 30.3 Å². The number of H-pyrrole nitrogens is 1. The number of carbonyl (C=O) groups excluding carboxylic acids is 3. The number of hydrogen-bond donors (Lipinski definition) is 2. The Morgan fingerprint density at radius 1 is 0.889 bits per heavy atom. The molecule has 3 aliphatic rings. The molecular weight excluding hydrogens is 685 g/mol. The molecule has 3 aliphatic heterocycles. The van der Waals surface area contributed by atoms with Crippen molar-refractivity contribution in [3.8, 4) is 22.4 Å². The Labute approximate surface area is 315 Å². The Balaban J connectivity index is 0.967. The lowest BCUT2D eigenvalue weighted by molar-refractivity contribution is -0.140. The summed E-state index contributed by atoms with van der Waals surface area (Å²) in [7, 11) is 2.92. The Morgan fingerprint density at radius 2 is 1.54 bits per heavy atom. The molecule has 13 nitrogen and oxygen atoms in total. The van der Waals surface area contributed by atoms with Crippen molar-refractivity contribution in [2.24, 2.45) is 10.9 Å². The fourth-order valence-electron chi connectivity index (χ4n) is 7.74. The molecule has 0 unspecified atom stereocenters. The predicted octanol–water partition coefficient (Wildman–Crippen LogP) is 5.88. The molecule has 5 atom stereocenters. The zero-order valence-electron chi connectivity index (χ0n) is 31.3. The highest BCUT2D eigenvalue weighted by molar-refractivity contribution is 6.03. The number of hydrogen-bond acceptors (Lipinski definition) is 8. The first kappa shape index (κ1) is 36.8. The van der Waals surface area contributed by atoms with Gasteiger partial charge in [0.15, 0.2) is 0 Å². The lowest BCUT2D eigenvalue weighted by Crippen LogP contribution is -2.53.